The number of hydrogen-bond acceptors (Lipinski definition) is 4. The maximum Gasteiger partial charge on any atom is 0.407 e. The lowest BCUT2D eigenvalue weighted by Gasteiger charge is -2.19. The van der Waals surface area contributed by atoms with E-state index in [2.05, 4.69) is 34.9 Å². The van der Waals surface area contributed by atoms with Gasteiger partial charge in [0, 0.05) is 18.9 Å². The van der Waals surface area contributed by atoms with E-state index in [-0.39, 0.29) is 36.7 Å². The summed E-state index contributed by atoms with van der Waals surface area (Å²) in [7, 11) is 0. The third-order valence-electron chi connectivity index (χ3n) is 6.75. The van der Waals surface area contributed by atoms with Crippen LogP contribution in [0.3, 0.4) is 0 Å². The lowest BCUT2D eigenvalue weighted by Crippen LogP contribution is -2.42. The van der Waals surface area contributed by atoms with Gasteiger partial charge in [-0.05, 0) is 46.9 Å². The van der Waals surface area contributed by atoms with Gasteiger partial charge in [-0.3, -0.25) is 4.79 Å². The fourth-order valence-electron chi connectivity index (χ4n) is 4.53. The van der Waals surface area contributed by atoms with Crippen molar-refractivity contribution >= 4 is 18.0 Å². The number of ether oxygens (including phenoxy) is 1. The summed E-state index contributed by atoms with van der Waals surface area (Å²) in [6.45, 7) is 6.51. The number of benzene rings is 2. The van der Waals surface area contributed by atoms with Crippen molar-refractivity contribution in [2.75, 3.05) is 13.2 Å². The predicted molar refractivity (Wildman–Crippen MR) is 135 cm³/mol. The van der Waals surface area contributed by atoms with E-state index in [4.69, 9.17) is 4.74 Å². The summed E-state index contributed by atoms with van der Waals surface area (Å²) in [5.41, 5.74) is 4.68. The van der Waals surface area contributed by atoms with E-state index in [1.807, 2.05) is 45.0 Å². The van der Waals surface area contributed by atoms with E-state index >= 15 is 0 Å². The number of carboxylic acid groups (broad SMARTS) is 1. The topological polar surface area (TPSA) is 105 Å². The number of rotatable bonds is 12. The number of alkyl carbamates (subject to hydrolysis) is 1. The SMILES string of the molecule is CCC(C)CC(NC(=O)CC(C)CCNC(=O)OCC1c2ccccc2-c2ccccc21)C(=O)O. The lowest BCUT2D eigenvalue weighted by atomic mass is 9.98. The Labute approximate surface area is 207 Å². The maximum absolute atomic E-state index is 12.3. The van der Waals surface area contributed by atoms with Crippen LogP contribution in [-0.2, 0) is 14.3 Å². The molecular formula is C28H36N2O5. The third kappa shape index (κ3) is 7.07. The molecule has 0 aliphatic heterocycles. The highest BCUT2D eigenvalue weighted by molar-refractivity contribution is 5.83. The summed E-state index contributed by atoms with van der Waals surface area (Å²) in [6, 6.07) is 15.5. The van der Waals surface area contributed by atoms with Gasteiger partial charge < -0.3 is 20.5 Å². The predicted octanol–water partition coefficient (Wildman–Crippen LogP) is 4.95. The zero-order chi connectivity index (χ0) is 25.4. The van der Waals surface area contributed by atoms with E-state index in [1.165, 1.54) is 11.1 Å². The van der Waals surface area contributed by atoms with Crippen LogP contribution in [0, 0.1) is 11.8 Å². The summed E-state index contributed by atoms with van der Waals surface area (Å²) in [4.78, 5) is 36.0. The Balaban J connectivity index is 1.41. The Morgan fingerprint density at radius 2 is 1.57 bits per heavy atom. The third-order valence-corrected chi connectivity index (χ3v) is 6.75. The first-order valence-electron chi connectivity index (χ1n) is 12.4. The highest BCUT2D eigenvalue weighted by Crippen LogP contribution is 2.44. The molecule has 2 amide bonds. The molecule has 35 heavy (non-hydrogen) atoms. The van der Waals surface area contributed by atoms with Crippen molar-refractivity contribution in [1.29, 1.82) is 0 Å². The standard InChI is InChI=1S/C28H36N2O5/c1-4-18(2)15-25(27(32)33)30-26(31)16-19(3)13-14-29-28(34)35-17-24-22-11-7-5-9-20(22)21-10-6-8-12-23(21)24/h5-12,18-19,24-25H,4,13-17H2,1-3H3,(H,29,34)(H,30,31)(H,32,33). The van der Waals surface area contributed by atoms with E-state index in [9.17, 15) is 19.5 Å². The molecule has 2 aromatic rings. The first-order chi connectivity index (χ1) is 16.8. The Kier molecular flexibility index (Phi) is 9.29. The molecule has 3 atom stereocenters. The van der Waals surface area contributed by atoms with Gasteiger partial charge in [0.25, 0.3) is 0 Å². The Bertz CT molecular complexity index is 992. The highest BCUT2D eigenvalue weighted by Gasteiger charge is 2.29. The molecule has 0 saturated heterocycles. The van der Waals surface area contributed by atoms with Gasteiger partial charge in [0.15, 0.2) is 0 Å². The smallest absolute Gasteiger partial charge is 0.407 e. The summed E-state index contributed by atoms with van der Waals surface area (Å²) < 4.78 is 5.53. The molecule has 0 aromatic heterocycles. The van der Waals surface area contributed by atoms with Crippen molar-refractivity contribution in [2.24, 2.45) is 11.8 Å². The molecule has 188 valence electrons. The average molecular weight is 481 g/mol. The number of carboxylic acids is 1. The number of amides is 2. The average Bonchev–Trinajstić information content (AvgIpc) is 3.15. The molecule has 3 rings (SSSR count). The van der Waals surface area contributed by atoms with E-state index in [0.717, 1.165) is 17.5 Å². The number of hydrogen-bond donors (Lipinski definition) is 3. The Morgan fingerprint density at radius 1 is 0.971 bits per heavy atom. The van der Waals surface area contributed by atoms with Crippen LogP contribution in [0.2, 0.25) is 0 Å². The molecule has 1 aliphatic carbocycles. The number of carbonyl (C=O) groups excluding carboxylic acids is 2. The van der Waals surface area contributed by atoms with Gasteiger partial charge in [-0.15, -0.1) is 0 Å². The van der Waals surface area contributed by atoms with Crippen molar-refractivity contribution < 1.29 is 24.2 Å². The van der Waals surface area contributed by atoms with Crippen LogP contribution in [-0.4, -0.2) is 42.3 Å². The monoisotopic (exact) mass is 480 g/mol. The molecule has 1 aliphatic rings. The first-order valence-corrected chi connectivity index (χ1v) is 12.4. The zero-order valence-corrected chi connectivity index (χ0v) is 20.8. The Morgan fingerprint density at radius 3 is 2.14 bits per heavy atom. The van der Waals surface area contributed by atoms with Crippen LogP contribution in [0.4, 0.5) is 4.79 Å². The lowest BCUT2D eigenvalue weighted by molar-refractivity contribution is -0.142. The molecule has 3 N–H and O–H groups in total. The van der Waals surface area contributed by atoms with Gasteiger partial charge in [0.2, 0.25) is 5.91 Å². The zero-order valence-electron chi connectivity index (χ0n) is 20.8. The fourth-order valence-corrected chi connectivity index (χ4v) is 4.53. The van der Waals surface area contributed by atoms with E-state index < -0.39 is 18.1 Å². The van der Waals surface area contributed by atoms with Crippen LogP contribution in [0.25, 0.3) is 11.1 Å². The molecule has 7 nitrogen and oxygen atoms in total. The van der Waals surface area contributed by atoms with Crippen LogP contribution < -0.4 is 10.6 Å². The molecule has 3 unspecified atom stereocenters. The van der Waals surface area contributed by atoms with Crippen molar-refractivity contribution in [1.82, 2.24) is 10.6 Å². The maximum atomic E-state index is 12.3. The van der Waals surface area contributed by atoms with Gasteiger partial charge in [-0.1, -0.05) is 75.7 Å². The van der Waals surface area contributed by atoms with Crippen molar-refractivity contribution in [3.05, 3.63) is 59.7 Å². The van der Waals surface area contributed by atoms with Gasteiger partial charge in [0.05, 0.1) is 0 Å². The van der Waals surface area contributed by atoms with Crippen molar-refractivity contribution in [2.45, 2.75) is 58.4 Å². The van der Waals surface area contributed by atoms with Crippen LogP contribution in [0.5, 0.6) is 0 Å². The second-order valence-corrected chi connectivity index (χ2v) is 9.56. The molecule has 7 heteroatoms. The van der Waals surface area contributed by atoms with Gasteiger partial charge in [0.1, 0.15) is 12.6 Å². The first kappa shape index (κ1) is 26.3. The second kappa shape index (κ2) is 12.4. The fraction of sp³-hybridized carbons (Fsp3) is 0.464. The number of carbonyl (C=O) groups is 3. The molecule has 0 fully saturated rings. The number of aliphatic carboxylic acids is 1. The summed E-state index contributed by atoms with van der Waals surface area (Å²) in [6.07, 6.45) is 1.58. The van der Waals surface area contributed by atoms with Crippen molar-refractivity contribution in [3.63, 3.8) is 0 Å². The quantitative estimate of drug-likeness (QED) is 0.399. The number of nitrogens with one attached hydrogen (secondary N) is 2. The minimum Gasteiger partial charge on any atom is -0.480 e. The highest BCUT2D eigenvalue weighted by atomic mass is 16.5. The molecule has 0 bridgehead atoms. The van der Waals surface area contributed by atoms with Crippen LogP contribution in [0.15, 0.2) is 48.5 Å². The minimum atomic E-state index is -1.01. The minimum absolute atomic E-state index is 0.00776. The van der Waals surface area contributed by atoms with E-state index in [1.54, 1.807) is 0 Å². The van der Waals surface area contributed by atoms with Gasteiger partial charge >= 0.3 is 12.1 Å². The van der Waals surface area contributed by atoms with Gasteiger partial charge in [-0.2, -0.15) is 0 Å². The molecule has 0 heterocycles. The van der Waals surface area contributed by atoms with E-state index in [0.29, 0.717) is 19.4 Å². The summed E-state index contributed by atoms with van der Waals surface area (Å²) >= 11 is 0. The molecule has 0 spiro atoms. The largest absolute Gasteiger partial charge is 0.480 e. The van der Waals surface area contributed by atoms with Gasteiger partial charge in [-0.25, -0.2) is 9.59 Å². The molecule has 2 aromatic carbocycles. The number of fused-ring (bicyclic) bond motifs is 3. The second-order valence-electron chi connectivity index (χ2n) is 9.56. The normalized spacial score (nSPS) is 14.8. The molecule has 0 saturated carbocycles. The summed E-state index contributed by atoms with van der Waals surface area (Å²) in [5.74, 6) is -1.08. The van der Waals surface area contributed by atoms with Crippen LogP contribution >= 0.6 is 0 Å². The Hall–Kier alpha value is -3.35. The van der Waals surface area contributed by atoms with Crippen molar-refractivity contribution in [3.8, 4) is 11.1 Å². The summed E-state index contributed by atoms with van der Waals surface area (Å²) in [5, 5.41) is 14.8. The van der Waals surface area contributed by atoms with Crippen LogP contribution in [0.1, 0.15) is 63.5 Å². The molecule has 0 radical (unpaired) electrons. The molecular weight excluding hydrogens is 444 g/mol.